The number of nitrogens with one attached hydrogen (secondary N) is 3. The number of ether oxygens (including phenoxy) is 2. The third-order valence-corrected chi connectivity index (χ3v) is 5.94. The Kier molecular flexibility index (Phi) is 11.1. The first-order chi connectivity index (χ1) is 19.8. The van der Waals surface area contributed by atoms with E-state index in [0.717, 1.165) is 16.7 Å². The fraction of sp³-hybridized carbons (Fsp3) is 0.394. The molecule has 3 rings (SSSR count). The molecule has 1 aromatic heterocycles. The zero-order valence-corrected chi connectivity index (χ0v) is 25.3. The van der Waals surface area contributed by atoms with E-state index >= 15 is 0 Å². The van der Waals surface area contributed by atoms with Crippen LogP contribution < -0.4 is 20.7 Å². The second kappa shape index (κ2) is 14.5. The molecule has 0 saturated carbocycles. The highest BCUT2D eigenvalue weighted by Crippen LogP contribution is 2.16. The van der Waals surface area contributed by atoms with Gasteiger partial charge in [0, 0.05) is 30.8 Å². The molecule has 0 spiro atoms. The summed E-state index contributed by atoms with van der Waals surface area (Å²) in [5.74, 6) is -0.143. The Hall–Kier alpha value is -4.40. The molecule has 224 valence electrons. The minimum atomic E-state index is -0.985. The molecule has 0 saturated heterocycles. The average molecular weight is 575 g/mol. The number of hydrogen-bond acceptors (Lipinski definition) is 6. The van der Waals surface area contributed by atoms with E-state index in [1.54, 1.807) is 45.3 Å². The van der Waals surface area contributed by atoms with Crippen LogP contribution in [0.3, 0.4) is 0 Å². The molecule has 1 heterocycles. The molecular weight excluding hydrogens is 532 g/mol. The number of aromatic nitrogens is 1. The van der Waals surface area contributed by atoms with Gasteiger partial charge >= 0.3 is 6.09 Å². The molecule has 0 aliphatic rings. The first-order valence-electron chi connectivity index (χ1n) is 14.0. The number of alkyl carbamates (subject to hydrolysis) is 1. The predicted octanol–water partition coefficient (Wildman–Crippen LogP) is 4.74. The number of carbonyl (C=O) groups excluding carboxylic acids is 3. The fourth-order valence-corrected chi connectivity index (χ4v) is 4.05. The maximum absolute atomic E-state index is 13.6. The van der Waals surface area contributed by atoms with E-state index in [2.05, 4.69) is 20.9 Å². The van der Waals surface area contributed by atoms with Gasteiger partial charge in [-0.15, -0.1) is 0 Å². The predicted molar refractivity (Wildman–Crippen MR) is 162 cm³/mol. The summed E-state index contributed by atoms with van der Waals surface area (Å²) in [6.07, 6.45) is 2.93. The van der Waals surface area contributed by atoms with E-state index in [1.807, 2.05) is 75.4 Å². The summed E-state index contributed by atoms with van der Waals surface area (Å²) in [5.41, 5.74) is 1.43. The number of carbonyl (C=O) groups is 3. The van der Waals surface area contributed by atoms with Crippen LogP contribution in [0.5, 0.6) is 5.75 Å². The maximum atomic E-state index is 13.6. The third kappa shape index (κ3) is 11.6. The lowest BCUT2D eigenvalue weighted by atomic mass is 10.0. The van der Waals surface area contributed by atoms with Crippen molar-refractivity contribution in [1.29, 1.82) is 0 Å². The van der Waals surface area contributed by atoms with Crippen molar-refractivity contribution in [3.05, 3.63) is 95.8 Å². The summed E-state index contributed by atoms with van der Waals surface area (Å²) in [7, 11) is 0. The average Bonchev–Trinajstić information content (AvgIpc) is 2.91. The molecule has 3 amide bonds. The van der Waals surface area contributed by atoms with E-state index in [1.165, 1.54) is 0 Å². The highest BCUT2D eigenvalue weighted by molar-refractivity contribution is 5.92. The second-order valence-electron chi connectivity index (χ2n) is 12.2. The molecule has 2 aromatic carbocycles. The van der Waals surface area contributed by atoms with Crippen molar-refractivity contribution in [3.63, 3.8) is 0 Å². The standard InChI is InChI=1S/C33H42N4O5/c1-32(2,3)37-30(39)28(20-23-12-14-26(15-13-23)41-22-25-10-8-7-9-11-25)35-29(38)27(21-24-16-18-34-19-17-24)36-31(40)42-33(4,5)6/h7-19,27-28H,20-22H2,1-6H3,(H,35,38)(H,36,40)(H,37,39)/t27-,28-/m0/s1. The van der Waals surface area contributed by atoms with Gasteiger partial charge in [0.25, 0.3) is 0 Å². The summed E-state index contributed by atoms with van der Waals surface area (Å²) in [5, 5.41) is 8.50. The number of pyridine rings is 1. The SMILES string of the molecule is CC(C)(C)NC(=O)[C@H](Cc1ccc(OCc2ccccc2)cc1)NC(=O)[C@H](Cc1ccncc1)NC(=O)OC(C)(C)C. The molecular formula is C33H42N4O5. The van der Waals surface area contributed by atoms with Crippen LogP contribution in [0.1, 0.15) is 58.2 Å². The van der Waals surface area contributed by atoms with Gasteiger partial charge in [-0.25, -0.2) is 4.79 Å². The summed E-state index contributed by atoms with van der Waals surface area (Å²) in [4.78, 5) is 43.6. The van der Waals surface area contributed by atoms with Crippen LogP contribution in [-0.4, -0.2) is 46.1 Å². The molecule has 3 N–H and O–H groups in total. The van der Waals surface area contributed by atoms with Crippen LogP contribution in [0.2, 0.25) is 0 Å². The summed E-state index contributed by atoms with van der Waals surface area (Å²) >= 11 is 0. The maximum Gasteiger partial charge on any atom is 0.408 e. The molecule has 3 aromatic rings. The summed E-state index contributed by atoms with van der Waals surface area (Å²) in [6.45, 7) is 11.3. The van der Waals surface area contributed by atoms with Crippen molar-refractivity contribution in [2.75, 3.05) is 0 Å². The molecule has 0 aliphatic heterocycles. The van der Waals surface area contributed by atoms with Gasteiger partial charge in [0.05, 0.1) is 0 Å². The Labute approximate surface area is 248 Å². The van der Waals surface area contributed by atoms with Gasteiger partial charge in [0.1, 0.15) is 30.0 Å². The van der Waals surface area contributed by atoms with Crippen molar-refractivity contribution in [1.82, 2.24) is 20.9 Å². The number of benzene rings is 2. The number of nitrogens with zero attached hydrogens (tertiary/aromatic N) is 1. The van der Waals surface area contributed by atoms with Gasteiger partial charge < -0.3 is 25.4 Å². The molecule has 0 aliphatic carbocycles. The monoisotopic (exact) mass is 574 g/mol. The Morgan fingerprint density at radius 1 is 0.714 bits per heavy atom. The van der Waals surface area contributed by atoms with Gasteiger partial charge in [0.2, 0.25) is 11.8 Å². The second-order valence-corrected chi connectivity index (χ2v) is 12.2. The van der Waals surface area contributed by atoms with Gasteiger partial charge in [-0.3, -0.25) is 14.6 Å². The first-order valence-corrected chi connectivity index (χ1v) is 14.0. The van der Waals surface area contributed by atoms with E-state index < -0.39 is 35.2 Å². The van der Waals surface area contributed by atoms with Crippen LogP contribution in [-0.2, 0) is 33.8 Å². The quantitative estimate of drug-likeness (QED) is 0.305. The normalized spacial score (nSPS) is 12.9. The number of hydrogen-bond donors (Lipinski definition) is 3. The van der Waals surface area contributed by atoms with Gasteiger partial charge in [-0.1, -0.05) is 42.5 Å². The third-order valence-electron chi connectivity index (χ3n) is 5.94. The van der Waals surface area contributed by atoms with Crippen LogP contribution in [0.25, 0.3) is 0 Å². The van der Waals surface area contributed by atoms with Gasteiger partial charge in [0.15, 0.2) is 0 Å². The Balaban J connectivity index is 1.76. The van der Waals surface area contributed by atoms with Crippen LogP contribution in [0.4, 0.5) is 4.79 Å². The lowest BCUT2D eigenvalue weighted by Crippen LogP contribution is -2.57. The van der Waals surface area contributed by atoms with E-state index in [-0.39, 0.29) is 18.7 Å². The molecule has 2 atom stereocenters. The minimum Gasteiger partial charge on any atom is -0.489 e. The Morgan fingerprint density at radius 2 is 1.29 bits per heavy atom. The molecule has 9 nitrogen and oxygen atoms in total. The Bertz CT molecular complexity index is 1300. The number of rotatable bonds is 11. The van der Waals surface area contributed by atoms with Crippen molar-refractivity contribution in [2.24, 2.45) is 0 Å². The molecule has 0 bridgehead atoms. The van der Waals surface area contributed by atoms with Crippen molar-refractivity contribution < 1.29 is 23.9 Å². The largest absolute Gasteiger partial charge is 0.489 e. The minimum absolute atomic E-state index is 0.189. The highest BCUT2D eigenvalue weighted by atomic mass is 16.6. The summed E-state index contributed by atoms with van der Waals surface area (Å²) in [6, 6.07) is 19.0. The molecule has 42 heavy (non-hydrogen) atoms. The smallest absolute Gasteiger partial charge is 0.408 e. The van der Waals surface area contributed by atoms with Gasteiger partial charge in [-0.05, 0) is 82.5 Å². The highest BCUT2D eigenvalue weighted by Gasteiger charge is 2.30. The van der Waals surface area contributed by atoms with Crippen molar-refractivity contribution >= 4 is 17.9 Å². The van der Waals surface area contributed by atoms with Crippen LogP contribution in [0.15, 0.2) is 79.1 Å². The van der Waals surface area contributed by atoms with Crippen molar-refractivity contribution in [3.8, 4) is 5.75 Å². The zero-order valence-electron chi connectivity index (χ0n) is 25.3. The molecule has 0 fully saturated rings. The van der Waals surface area contributed by atoms with Gasteiger partial charge in [-0.2, -0.15) is 0 Å². The van der Waals surface area contributed by atoms with E-state index in [9.17, 15) is 14.4 Å². The summed E-state index contributed by atoms with van der Waals surface area (Å²) < 4.78 is 11.3. The van der Waals surface area contributed by atoms with Crippen LogP contribution >= 0.6 is 0 Å². The Morgan fingerprint density at radius 3 is 1.86 bits per heavy atom. The topological polar surface area (TPSA) is 119 Å². The molecule has 0 unspecified atom stereocenters. The molecule has 0 radical (unpaired) electrons. The van der Waals surface area contributed by atoms with E-state index in [4.69, 9.17) is 9.47 Å². The lowest BCUT2D eigenvalue weighted by molar-refractivity contribution is -0.130. The zero-order chi connectivity index (χ0) is 30.8. The molecule has 9 heteroatoms. The first kappa shape index (κ1) is 32.1. The van der Waals surface area contributed by atoms with E-state index in [0.29, 0.717) is 12.4 Å². The fourth-order valence-electron chi connectivity index (χ4n) is 4.05. The van der Waals surface area contributed by atoms with Crippen LogP contribution in [0, 0.1) is 0 Å². The lowest BCUT2D eigenvalue weighted by Gasteiger charge is -2.28. The van der Waals surface area contributed by atoms with Crippen molar-refractivity contribution in [2.45, 2.75) is 84.2 Å². The number of amides is 3.